The molecule has 100 valence electrons. The van der Waals surface area contributed by atoms with Gasteiger partial charge in [0.15, 0.2) is 0 Å². The second-order valence-corrected chi connectivity index (χ2v) is 5.07. The molecule has 0 radical (unpaired) electrons. The van der Waals surface area contributed by atoms with Crippen LogP contribution >= 0.6 is 11.6 Å². The highest BCUT2D eigenvalue weighted by Gasteiger charge is 2.15. The maximum atomic E-state index is 5.92. The van der Waals surface area contributed by atoms with Gasteiger partial charge in [-0.05, 0) is 17.7 Å². The van der Waals surface area contributed by atoms with Gasteiger partial charge in [-0.15, -0.1) is 0 Å². The van der Waals surface area contributed by atoms with E-state index in [0.717, 1.165) is 42.5 Å². The number of morpholine rings is 1. The van der Waals surface area contributed by atoms with Crippen LogP contribution in [0.15, 0.2) is 36.8 Å². The van der Waals surface area contributed by atoms with Crippen molar-refractivity contribution in [2.24, 2.45) is 0 Å². The fourth-order valence-corrected chi connectivity index (χ4v) is 2.41. The molecule has 1 aliphatic heterocycles. The smallest absolute Gasteiger partial charge is 0.0951 e. The van der Waals surface area contributed by atoms with E-state index in [1.54, 1.807) is 0 Å². The average Bonchev–Trinajstić information content (AvgIpc) is 2.89. The predicted octanol–water partition coefficient (Wildman–Crippen LogP) is 2.19. The Bertz CT molecular complexity index is 532. The summed E-state index contributed by atoms with van der Waals surface area (Å²) in [5.74, 6) is 0. The molecule has 0 bridgehead atoms. The van der Waals surface area contributed by atoms with Crippen LogP contribution < -0.4 is 5.32 Å². The number of hydrogen-bond acceptors (Lipinski definition) is 3. The molecule has 19 heavy (non-hydrogen) atoms. The van der Waals surface area contributed by atoms with Gasteiger partial charge in [-0.1, -0.05) is 23.7 Å². The molecule has 0 saturated carbocycles. The van der Waals surface area contributed by atoms with Crippen LogP contribution in [0.2, 0.25) is 5.02 Å². The molecule has 1 atom stereocenters. The third-order valence-electron chi connectivity index (χ3n) is 3.26. The molecule has 2 heterocycles. The Labute approximate surface area is 117 Å². The maximum absolute atomic E-state index is 5.92. The van der Waals surface area contributed by atoms with E-state index in [9.17, 15) is 0 Å². The molecule has 1 aromatic heterocycles. The first-order chi connectivity index (χ1) is 9.33. The van der Waals surface area contributed by atoms with Crippen LogP contribution in [-0.2, 0) is 11.3 Å². The summed E-state index contributed by atoms with van der Waals surface area (Å²) in [7, 11) is 0. The Morgan fingerprint density at radius 2 is 2.21 bits per heavy atom. The van der Waals surface area contributed by atoms with Crippen molar-refractivity contribution in [2.45, 2.75) is 12.6 Å². The summed E-state index contributed by atoms with van der Waals surface area (Å²) in [6, 6.07) is 7.81. The van der Waals surface area contributed by atoms with E-state index in [4.69, 9.17) is 16.3 Å². The zero-order valence-corrected chi connectivity index (χ0v) is 11.3. The van der Waals surface area contributed by atoms with Crippen molar-refractivity contribution in [3.63, 3.8) is 0 Å². The molecule has 0 spiro atoms. The van der Waals surface area contributed by atoms with Crippen LogP contribution in [0.1, 0.15) is 0 Å². The number of hydrogen-bond donors (Lipinski definition) is 1. The van der Waals surface area contributed by atoms with E-state index in [2.05, 4.69) is 14.9 Å². The first-order valence-electron chi connectivity index (χ1n) is 6.41. The highest BCUT2D eigenvalue weighted by molar-refractivity contribution is 6.30. The van der Waals surface area contributed by atoms with Crippen LogP contribution in [-0.4, -0.2) is 35.4 Å². The van der Waals surface area contributed by atoms with Crippen molar-refractivity contribution in [3.05, 3.63) is 41.8 Å². The summed E-state index contributed by atoms with van der Waals surface area (Å²) in [5, 5.41) is 4.08. The summed E-state index contributed by atoms with van der Waals surface area (Å²) in [5.41, 5.74) is 2.21. The third kappa shape index (κ3) is 2.97. The zero-order chi connectivity index (χ0) is 13.1. The first kappa shape index (κ1) is 12.7. The van der Waals surface area contributed by atoms with Crippen LogP contribution in [0.4, 0.5) is 0 Å². The number of nitrogens with one attached hydrogen (secondary N) is 1. The van der Waals surface area contributed by atoms with Gasteiger partial charge in [0.25, 0.3) is 0 Å². The van der Waals surface area contributed by atoms with E-state index in [-0.39, 0.29) is 6.10 Å². The van der Waals surface area contributed by atoms with E-state index in [0.29, 0.717) is 0 Å². The average molecular weight is 278 g/mol. The third-order valence-corrected chi connectivity index (χ3v) is 3.51. The fourth-order valence-electron chi connectivity index (χ4n) is 2.28. The molecule has 5 heteroatoms. The monoisotopic (exact) mass is 277 g/mol. The lowest BCUT2D eigenvalue weighted by atomic mass is 10.1. The molecule has 3 rings (SSSR count). The SMILES string of the molecule is Clc1ccc(-c2cncn2CC2CNCCO2)cc1. The highest BCUT2D eigenvalue weighted by Crippen LogP contribution is 2.21. The molecule has 4 nitrogen and oxygen atoms in total. The normalized spacial score (nSPS) is 19.5. The zero-order valence-electron chi connectivity index (χ0n) is 10.6. The molecular weight excluding hydrogens is 262 g/mol. The number of imidazole rings is 1. The molecule has 1 unspecified atom stereocenters. The molecule has 1 aromatic carbocycles. The van der Waals surface area contributed by atoms with E-state index < -0.39 is 0 Å². The lowest BCUT2D eigenvalue weighted by Crippen LogP contribution is -2.40. The number of halogens is 1. The number of aromatic nitrogens is 2. The number of rotatable bonds is 3. The summed E-state index contributed by atoms with van der Waals surface area (Å²) >= 11 is 5.92. The van der Waals surface area contributed by atoms with Crippen LogP contribution in [0.25, 0.3) is 11.3 Å². The van der Waals surface area contributed by atoms with Crippen molar-refractivity contribution in [3.8, 4) is 11.3 Å². The number of ether oxygens (including phenoxy) is 1. The lowest BCUT2D eigenvalue weighted by Gasteiger charge is -2.24. The number of nitrogens with zero attached hydrogens (tertiary/aromatic N) is 2. The summed E-state index contributed by atoms with van der Waals surface area (Å²) < 4.78 is 7.85. The van der Waals surface area contributed by atoms with E-state index in [1.807, 2.05) is 36.8 Å². The minimum atomic E-state index is 0.203. The molecule has 2 aromatic rings. The van der Waals surface area contributed by atoms with Gasteiger partial charge in [0.05, 0.1) is 37.5 Å². The van der Waals surface area contributed by atoms with Crippen molar-refractivity contribution >= 4 is 11.6 Å². The maximum Gasteiger partial charge on any atom is 0.0951 e. The second kappa shape index (κ2) is 5.74. The Morgan fingerprint density at radius 3 is 2.95 bits per heavy atom. The Balaban J connectivity index is 1.79. The number of benzene rings is 1. The second-order valence-electron chi connectivity index (χ2n) is 4.64. The topological polar surface area (TPSA) is 39.1 Å². The van der Waals surface area contributed by atoms with E-state index in [1.165, 1.54) is 0 Å². The van der Waals surface area contributed by atoms with Gasteiger partial charge in [-0.3, -0.25) is 0 Å². The molecular formula is C14H16ClN3O. The summed E-state index contributed by atoms with van der Waals surface area (Å²) in [6.07, 6.45) is 3.93. The molecule has 0 aliphatic carbocycles. The van der Waals surface area contributed by atoms with Crippen molar-refractivity contribution in [1.82, 2.24) is 14.9 Å². The van der Waals surface area contributed by atoms with Crippen molar-refractivity contribution in [1.29, 1.82) is 0 Å². The Hall–Kier alpha value is -1.36. The highest BCUT2D eigenvalue weighted by atomic mass is 35.5. The van der Waals surface area contributed by atoms with Crippen LogP contribution in [0.5, 0.6) is 0 Å². The molecule has 1 saturated heterocycles. The molecule has 1 N–H and O–H groups in total. The van der Waals surface area contributed by atoms with Gasteiger partial charge < -0.3 is 14.6 Å². The Kier molecular flexibility index (Phi) is 3.82. The summed E-state index contributed by atoms with van der Waals surface area (Å²) in [6.45, 7) is 3.41. The lowest BCUT2D eigenvalue weighted by molar-refractivity contribution is 0.0184. The van der Waals surface area contributed by atoms with Crippen molar-refractivity contribution < 1.29 is 4.74 Å². The molecule has 0 amide bonds. The fraction of sp³-hybridized carbons (Fsp3) is 0.357. The molecule has 1 fully saturated rings. The largest absolute Gasteiger partial charge is 0.374 e. The van der Waals surface area contributed by atoms with Crippen LogP contribution in [0, 0.1) is 0 Å². The van der Waals surface area contributed by atoms with Gasteiger partial charge in [-0.2, -0.15) is 0 Å². The first-order valence-corrected chi connectivity index (χ1v) is 6.79. The van der Waals surface area contributed by atoms with Gasteiger partial charge in [0.1, 0.15) is 0 Å². The predicted molar refractivity (Wildman–Crippen MR) is 75.3 cm³/mol. The van der Waals surface area contributed by atoms with Gasteiger partial charge in [-0.25, -0.2) is 4.98 Å². The quantitative estimate of drug-likeness (QED) is 0.935. The van der Waals surface area contributed by atoms with Crippen LogP contribution in [0.3, 0.4) is 0 Å². The minimum Gasteiger partial charge on any atom is -0.374 e. The minimum absolute atomic E-state index is 0.203. The van der Waals surface area contributed by atoms with Gasteiger partial charge in [0, 0.05) is 18.1 Å². The van der Waals surface area contributed by atoms with Gasteiger partial charge >= 0.3 is 0 Å². The summed E-state index contributed by atoms with van der Waals surface area (Å²) in [4.78, 5) is 4.24. The Morgan fingerprint density at radius 1 is 1.37 bits per heavy atom. The molecule has 1 aliphatic rings. The standard InChI is InChI=1S/C14H16ClN3O/c15-12-3-1-11(2-4-12)14-8-17-10-18(14)9-13-7-16-5-6-19-13/h1-4,8,10,13,16H,5-7,9H2. The van der Waals surface area contributed by atoms with Crippen molar-refractivity contribution in [2.75, 3.05) is 19.7 Å². The van der Waals surface area contributed by atoms with E-state index >= 15 is 0 Å². The van der Waals surface area contributed by atoms with Gasteiger partial charge in [0.2, 0.25) is 0 Å².